The Morgan fingerprint density at radius 2 is 2.10 bits per heavy atom. The van der Waals surface area contributed by atoms with Crippen LogP contribution in [0.5, 0.6) is 0 Å². The van der Waals surface area contributed by atoms with Crippen molar-refractivity contribution in [2.24, 2.45) is 12.0 Å². The summed E-state index contributed by atoms with van der Waals surface area (Å²) in [5, 5.41) is 7.21. The van der Waals surface area contributed by atoms with Crippen molar-refractivity contribution >= 4 is 23.2 Å². The van der Waals surface area contributed by atoms with Gasteiger partial charge in [-0.05, 0) is 49.5 Å². The Labute approximate surface area is 173 Å². The molecule has 1 atom stereocenters. The maximum atomic E-state index is 14.4. The van der Waals surface area contributed by atoms with Gasteiger partial charge >= 0.3 is 6.09 Å². The number of benzene rings is 1. The van der Waals surface area contributed by atoms with E-state index in [-0.39, 0.29) is 23.6 Å². The molecule has 1 fully saturated rings. The molecule has 30 heavy (non-hydrogen) atoms. The van der Waals surface area contributed by atoms with Crippen molar-refractivity contribution in [3.05, 3.63) is 58.0 Å². The molecule has 2 aliphatic rings. The van der Waals surface area contributed by atoms with Crippen molar-refractivity contribution in [3.63, 3.8) is 0 Å². The van der Waals surface area contributed by atoms with E-state index in [9.17, 15) is 14.0 Å². The molecule has 8 nitrogen and oxygen atoms in total. The number of amides is 1. The number of rotatable bonds is 7. The molecule has 0 aliphatic carbocycles. The van der Waals surface area contributed by atoms with Gasteiger partial charge in [0.1, 0.15) is 17.7 Å². The van der Waals surface area contributed by atoms with Gasteiger partial charge in [0.25, 0.3) is 5.56 Å². The van der Waals surface area contributed by atoms with Crippen LogP contribution in [0.25, 0.3) is 10.9 Å². The van der Waals surface area contributed by atoms with Crippen LogP contribution in [0.15, 0.2) is 46.1 Å². The Bertz CT molecular complexity index is 1080. The Morgan fingerprint density at radius 3 is 2.90 bits per heavy atom. The zero-order valence-corrected chi connectivity index (χ0v) is 16.7. The number of carbonyl (C=O) groups excluding carboxylic acids is 1. The number of hydrogen-bond acceptors (Lipinski definition) is 6. The number of aromatic nitrogens is 1. The largest absolute Gasteiger partial charge is 0.444 e. The predicted octanol–water partition coefficient (Wildman–Crippen LogP) is 1.49. The molecule has 1 aromatic carbocycles. The Kier molecular flexibility index (Phi) is 5.80. The lowest BCUT2D eigenvalue weighted by Gasteiger charge is -2.19. The second-order valence-electron chi connectivity index (χ2n) is 7.33. The van der Waals surface area contributed by atoms with E-state index in [1.807, 2.05) is 0 Å². The molecule has 4 rings (SSSR count). The van der Waals surface area contributed by atoms with E-state index in [1.165, 1.54) is 16.7 Å². The van der Waals surface area contributed by atoms with E-state index < -0.39 is 0 Å². The number of nitrogens with zero attached hydrogens (tertiary/aromatic N) is 3. The highest BCUT2D eigenvalue weighted by atomic mass is 19.1. The molecule has 1 amide bonds. The quantitative estimate of drug-likeness (QED) is 0.672. The summed E-state index contributed by atoms with van der Waals surface area (Å²) in [7, 11) is 1.66. The third kappa shape index (κ3) is 4.06. The van der Waals surface area contributed by atoms with E-state index in [0.29, 0.717) is 55.9 Å². The molecule has 158 valence electrons. The molecule has 2 aliphatic heterocycles. The number of halogens is 1. The highest BCUT2D eigenvalue weighted by Crippen LogP contribution is 2.21. The van der Waals surface area contributed by atoms with E-state index in [1.54, 1.807) is 36.5 Å². The minimum absolute atomic E-state index is 0.164. The van der Waals surface area contributed by atoms with Crippen molar-refractivity contribution in [2.45, 2.75) is 18.9 Å². The second kappa shape index (κ2) is 8.66. The fourth-order valence-corrected chi connectivity index (χ4v) is 3.79. The topological polar surface area (TPSA) is 88.0 Å². The van der Waals surface area contributed by atoms with Crippen LogP contribution in [-0.4, -0.2) is 54.1 Å². The molecule has 1 aromatic heterocycles. The smallest absolute Gasteiger partial charge is 0.415 e. The number of aliphatic imine (C=N–C) groups is 1. The highest BCUT2D eigenvalue weighted by Gasteiger charge is 2.33. The summed E-state index contributed by atoms with van der Waals surface area (Å²) in [6.07, 6.45) is 3.84. The van der Waals surface area contributed by atoms with E-state index >= 15 is 0 Å². The van der Waals surface area contributed by atoms with Gasteiger partial charge in [0.05, 0.1) is 24.8 Å². The average molecular weight is 413 g/mol. The van der Waals surface area contributed by atoms with Gasteiger partial charge in [0, 0.05) is 24.9 Å². The number of carbonyl (C=O) groups is 1. The zero-order valence-electron chi connectivity index (χ0n) is 16.7. The highest BCUT2D eigenvalue weighted by molar-refractivity contribution is 5.82. The summed E-state index contributed by atoms with van der Waals surface area (Å²) in [6.45, 7) is 2.22. The molecule has 9 heteroatoms. The molecule has 0 unspecified atom stereocenters. The average Bonchev–Trinajstić information content (AvgIpc) is 3.13. The van der Waals surface area contributed by atoms with E-state index in [0.717, 1.165) is 5.39 Å². The molecule has 0 bridgehead atoms. The first-order valence-electron chi connectivity index (χ1n) is 9.96. The molecule has 3 heterocycles. The van der Waals surface area contributed by atoms with E-state index in [2.05, 4.69) is 15.6 Å². The summed E-state index contributed by atoms with van der Waals surface area (Å²) in [6, 6.07) is 6.33. The summed E-state index contributed by atoms with van der Waals surface area (Å²) in [5.74, 6) is 0.330. The lowest BCUT2D eigenvalue weighted by Crippen LogP contribution is -2.35. The number of pyridine rings is 1. The van der Waals surface area contributed by atoms with Crippen molar-refractivity contribution in [2.75, 3.05) is 26.2 Å². The van der Waals surface area contributed by atoms with Crippen molar-refractivity contribution in [1.29, 1.82) is 0 Å². The summed E-state index contributed by atoms with van der Waals surface area (Å²) in [5.41, 5.74) is 0.985. The maximum Gasteiger partial charge on any atom is 0.415 e. The fraction of sp³-hybridized carbons (Fsp3) is 0.381. The number of ether oxygens (including phenoxy) is 1. The molecular formula is C21H24FN5O3. The number of cyclic esters (lactones) is 1. The minimum Gasteiger partial charge on any atom is -0.444 e. The van der Waals surface area contributed by atoms with Crippen LogP contribution in [0.2, 0.25) is 0 Å². The van der Waals surface area contributed by atoms with Gasteiger partial charge in [-0.1, -0.05) is 0 Å². The van der Waals surface area contributed by atoms with Crippen LogP contribution in [0.4, 0.5) is 9.18 Å². The van der Waals surface area contributed by atoms with Crippen molar-refractivity contribution < 1.29 is 13.9 Å². The molecule has 2 aromatic rings. The molecule has 1 saturated heterocycles. The second-order valence-corrected chi connectivity index (χ2v) is 7.33. The number of nitrogens with one attached hydrogen (secondary N) is 2. The number of hydrogen-bond donors (Lipinski definition) is 2. The molecule has 0 spiro atoms. The number of aryl methyl sites for hydroxylation is 1. The standard InChI is InChI=1S/C21H24FN5O3/c1-26-19(28)5-3-14-2-4-17(22)16(20(14)26)7-9-23-8-6-15-13-27(21(29)30-15)18-12-24-10-11-25-18/h2-5,10,12,15,23,25H,6-9,11,13H2,1H3/t15-/m1/s1. The molecule has 0 saturated carbocycles. The zero-order chi connectivity index (χ0) is 21.1. The van der Waals surface area contributed by atoms with Gasteiger partial charge < -0.3 is 19.9 Å². The monoisotopic (exact) mass is 413 g/mol. The van der Waals surface area contributed by atoms with Crippen molar-refractivity contribution in [3.8, 4) is 0 Å². The van der Waals surface area contributed by atoms with Gasteiger partial charge in [0.15, 0.2) is 0 Å². The van der Waals surface area contributed by atoms with Crippen LogP contribution in [0.3, 0.4) is 0 Å². The van der Waals surface area contributed by atoms with E-state index in [4.69, 9.17) is 4.74 Å². The molecule has 2 N–H and O–H groups in total. The lowest BCUT2D eigenvalue weighted by atomic mass is 10.1. The Balaban J connectivity index is 1.30. The minimum atomic E-state index is -0.380. The third-order valence-electron chi connectivity index (χ3n) is 5.36. The SMILES string of the molecule is Cn1c(=O)ccc2ccc(F)c(CCNCC[C@@H]3CN(C4=CN=CCN4)C(=O)O3)c21. The first-order valence-corrected chi connectivity index (χ1v) is 9.96. The van der Waals surface area contributed by atoms with Gasteiger partial charge in [0.2, 0.25) is 0 Å². The first-order chi connectivity index (χ1) is 14.5. The van der Waals surface area contributed by atoms with Crippen molar-refractivity contribution in [1.82, 2.24) is 20.1 Å². The Hall–Kier alpha value is -3.20. The fourth-order valence-electron chi connectivity index (χ4n) is 3.79. The lowest BCUT2D eigenvalue weighted by molar-refractivity contribution is 0.130. The van der Waals surface area contributed by atoms with Crippen LogP contribution in [-0.2, 0) is 18.2 Å². The summed E-state index contributed by atoms with van der Waals surface area (Å²) >= 11 is 0. The van der Waals surface area contributed by atoms with Gasteiger partial charge in [-0.15, -0.1) is 0 Å². The summed E-state index contributed by atoms with van der Waals surface area (Å²) in [4.78, 5) is 29.6. The van der Waals surface area contributed by atoms with Crippen LogP contribution in [0, 0.1) is 5.82 Å². The van der Waals surface area contributed by atoms with Crippen LogP contribution >= 0.6 is 0 Å². The molecule has 0 radical (unpaired) electrons. The predicted molar refractivity (Wildman–Crippen MR) is 112 cm³/mol. The van der Waals surface area contributed by atoms with Crippen LogP contribution < -0.4 is 16.2 Å². The number of fused-ring (bicyclic) bond motifs is 1. The Morgan fingerprint density at radius 1 is 1.27 bits per heavy atom. The first kappa shape index (κ1) is 20.1. The van der Waals surface area contributed by atoms with Gasteiger partial charge in [-0.3, -0.25) is 14.7 Å². The van der Waals surface area contributed by atoms with Gasteiger partial charge in [-0.2, -0.15) is 0 Å². The maximum absolute atomic E-state index is 14.4. The van der Waals surface area contributed by atoms with Gasteiger partial charge in [-0.25, -0.2) is 9.18 Å². The van der Waals surface area contributed by atoms with Crippen LogP contribution in [0.1, 0.15) is 12.0 Å². The normalized spacial score (nSPS) is 18.5. The molecular weight excluding hydrogens is 389 g/mol. The third-order valence-corrected chi connectivity index (χ3v) is 5.36. The summed E-state index contributed by atoms with van der Waals surface area (Å²) < 4.78 is 21.3.